The third-order valence-corrected chi connectivity index (χ3v) is 6.70. The average Bonchev–Trinajstić information content (AvgIpc) is 2.74. The largest absolute Gasteiger partial charge is 0.497 e. The predicted molar refractivity (Wildman–Crippen MR) is 121 cm³/mol. The molecule has 31 heavy (non-hydrogen) atoms. The lowest BCUT2D eigenvalue weighted by Crippen LogP contribution is -2.34. The van der Waals surface area contributed by atoms with Gasteiger partial charge in [0.05, 0.1) is 24.5 Å². The lowest BCUT2D eigenvalue weighted by Gasteiger charge is -2.33. The zero-order valence-corrected chi connectivity index (χ0v) is 19.2. The van der Waals surface area contributed by atoms with Gasteiger partial charge in [0.2, 0.25) is 0 Å². The molecular weight excluding hydrogens is 416 g/mol. The highest BCUT2D eigenvalue weighted by Gasteiger charge is 2.26. The van der Waals surface area contributed by atoms with Gasteiger partial charge in [-0.1, -0.05) is 6.92 Å². The third kappa shape index (κ3) is 5.70. The maximum Gasteiger partial charge on any atom is 0.338 e. The van der Waals surface area contributed by atoms with Crippen molar-refractivity contribution in [1.29, 1.82) is 0 Å². The molecule has 1 aliphatic rings. The molecule has 0 atom stereocenters. The molecule has 0 saturated carbocycles. The van der Waals surface area contributed by atoms with Gasteiger partial charge in [-0.2, -0.15) is 0 Å². The van der Waals surface area contributed by atoms with E-state index in [-0.39, 0.29) is 16.6 Å². The number of rotatable bonds is 7. The van der Waals surface area contributed by atoms with E-state index in [1.54, 1.807) is 57.4 Å². The summed E-state index contributed by atoms with van der Waals surface area (Å²) in [5, 5.41) is 0. The van der Waals surface area contributed by atoms with Crippen molar-refractivity contribution in [3.05, 3.63) is 48.0 Å². The van der Waals surface area contributed by atoms with E-state index < -0.39 is 16.0 Å². The van der Waals surface area contributed by atoms with Crippen molar-refractivity contribution in [2.24, 2.45) is 5.92 Å². The summed E-state index contributed by atoms with van der Waals surface area (Å²) in [7, 11) is -2.40. The number of nitrogens with one attached hydrogen (secondary N) is 1. The molecule has 2 aromatic rings. The highest BCUT2D eigenvalue weighted by atomic mass is 32.2. The Kier molecular flexibility index (Phi) is 7.10. The van der Waals surface area contributed by atoms with Gasteiger partial charge in [0, 0.05) is 18.8 Å². The van der Waals surface area contributed by atoms with E-state index >= 15 is 0 Å². The number of esters is 1. The Morgan fingerprint density at radius 1 is 1.10 bits per heavy atom. The number of sulfonamides is 1. The molecule has 8 heteroatoms. The molecule has 0 amide bonds. The van der Waals surface area contributed by atoms with E-state index in [0.717, 1.165) is 25.9 Å². The molecule has 2 aromatic carbocycles. The lowest BCUT2D eigenvalue weighted by atomic mass is 9.98. The number of ether oxygens (including phenoxy) is 2. The van der Waals surface area contributed by atoms with E-state index in [0.29, 0.717) is 23.0 Å². The van der Waals surface area contributed by atoms with Gasteiger partial charge in [-0.25, -0.2) is 13.2 Å². The Balaban J connectivity index is 1.99. The predicted octanol–water partition coefficient (Wildman–Crippen LogP) is 4.30. The summed E-state index contributed by atoms with van der Waals surface area (Å²) in [6.45, 7) is 7.24. The summed E-state index contributed by atoms with van der Waals surface area (Å²) in [4.78, 5) is 14.6. The molecule has 0 radical (unpaired) electrons. The summed E-state index contributed by atoms with van der Waals surface area (Å²) < 4.78 is 39.7. The van der Waals surface area contributed by atoms with Crippen molar-refractivity contribution in [3.8, 4) is 5.75 Å². The monoisotopic (exact) mass is 446 g/mol. The highest BCUT2D eigenvalue weighted by Crippen LogP contribution is 2.32. The first-order valence-electron chi connectivity index (χ1n) is 10.5. The van der Waals surface area contributed by atoms with Gasteiger partial charge in [-0.05, 0) is 75.1 Å². The third-order valence-electron chi connectivity index (χ3n) is 5.29. The molecule has 0 aliphatic carbocycles. The first-order valence-corrected chi connectivity index (χ1v) is 11.9. The van der Waals surface area contributed by atoms with E-state index in [9.17, 15) is 13.2 Å². The van der Waals surface area contributed by atoms with Gasteiger partial charge in [-0.3, -0.25) is 4.72 Å². The van der Waals surface area contributed by atoms with E-state index in [1.807, 2.05) is 0 Å². The first kappa shape index (κ1) is 22.9. The molecular formula is C23H30N2O5S. The zero-order valence-electron chi connectivity index (χ0n) is 18.4. The van der Waals surface area contributed by atoms with Crippen LogP contribution in [0.15, 0.2) is 47.4 Å². The summed E-state index contributed by atoms with van der Waals surface area (Å²) in [6.07, 6.45) is 1.68. The van der Waals surface area contributed by atoms with E-state index in [1.165, 1.54) is 6.07 Å². The standard InChI is InChI=1S/C23H30N2O5S/c1-16(2)30-23(26)18-5-10-21(25-13-11-17(3)12-14-25)22(15-18)31(27,28)24-19-6-8-20(29-4)9-7-19/h5-10,15-17,24H,11-14H2,1-4H3. The normalized spacial score (nSPS) is 15.1. The number of hydrogen-bond acceptors (Lipinski definition) is 6. The van der Waals surface area contributed by atoms with Crippen LogP contribution in [-0.2, 0) is 14.8 Å². The maximum atomic E-state index is 13.4. The van der Waals surface area contributed by atoms with Crippen LogP contribution in [0.4, 0.5) is 11.4 Å². The number of carbonyl (C=O) groups excluding carboxylic acids is 1. The number of benzene rings is 2. The van der Waals surface area contributed by atoms with Gasteiger partial charge in [0.25, 0.3) is 10.0 Å². The zero-order chi connectivity index (χ0) is 22.6. The second-order valence-corrected chi connectivity index (χ2v) is 9.79. The van der Waals surface area contributed by atoms with Crippen LogP contribution in [0.5, 0.6) is 5.75 Å². The summed E-state index contributed by atoms with van der Waals surface area (Å²) >= 11 is 0. The van der Waals surface area contributed by atoms with Crippen LogP contribution in [0.1, 0.15) is 44.0 Å². The summed E-state index contributed by atoms with van der Waals surface area (Å²) in [5.41, 5.74) is 1.21. The van der Waals surface area contributed by atoms with Crippen molar-refractivity contribution in [1.82, 2.24) is 0 Å². The lowest BCUT2D eigenvalue weighted by molar-refractivity contribution is 0.0377. The Labute approximate surface area is 184 Å². The Morgan fingerprint density at radius 2 is 1.74 bits per heavy atom. The number of hydrogen-bond donors (Lipinski definition) is 1. The van der Waals surface area contributed by atoms with Crippen LogP contribution >= 0.6 is 0 Å². The number of carbonyl (C=O) groups is 1. The van der Waals surface area contributed by atoms with Crippen LogP contribution in [-0.4, -0.2) is 40.7 Å². The highest BCUT2D eigenvalue weighted by molar-refractivity contribution is 7.92. The smallest absolute Gasteiger partial charge is 0.338 e. The van der Waals surface area contributed by atoms with Crippen molar-refractivity contribution < 1.29 is 22.7 Å². The topological polar surface area (TPSA) is 84.9 Å². The van der Waals surface area contributed by atoms with Crippen LogP contribution in [0, 0.1) is 5.92 Å². The van der Waals surface area contributed by atoms with Crippen LogP contribution in [0.3, 0.4) is 0 Å². The molecule has 0 unspecified atom stereocenters. The minimum atomic E-state index is -3.95. The number of anilines is 2. The molecule has 7 nitrogen and oxygen atoms in total. The molecule has 1 heterocycles. The Morgan fingerprint density at radius 3 is 2.32 bits per heavy atom. The summed E-state index contributed by atoms with van der Waals surface area (Å²) in [6, 6.07) is 11.4. The minimum absolute atomic E-state index is 0.0658. The van der Waals surface area contributed by atoms with Gasteiger partial charge in [-0.15, -0.1) is 0 Å². The van der Waals surface area contributed by atoms with E-state index in [2.05, 4.69) is 16.5 Å². The fraction of sp³-hybridized carbons (Fsp3) is 0.435. The molecule has 0 aromatic heterocycles. The second kappa shape index (κ2) is 9.60. The van der Waals surface area contributed by atoms with Crippen LogP contribution in [0.2, 0.25) is 0 Å². The average molecular weight is 447 g/mol. The molecule has 0 bridgehead atoms. The molecule has 168 valence electrons. The minimum Gasteiger partial charge on any atom is -0.497 e. The molecule has 1 fully saturated rings. The van der Waals surface area contributed by atoms with Crippen molar-refractivity contribution in [2.75, 3.05) is 29.8 Å². The molecule has 1 aliphatic heterocycles. The van der Waals surface area contributed by atoms with Crippen LogP contribution < -0.4 is 14.4 Å². The first-order chi connectivity index (χ1) is 14.7. The number of piperidine rings is 1. The number of nitrogens with zero attached hydrogens (tertiary/aromatic N) is 1. The molecule has 1 N–H and O–H groups in total. The second-order valence-electron chi connectivity index (χ2n) is 8.14. The Hall–Kier alpha value is -2.74. The quantitative estimate of drug-likeness (QED) is 0.639. The fourth-order valence-electron chi connectivity index (χ4n) is 3.52. The van der Waals surface area contributed by atoms with Gasteiger partial charge >= 0.3 is 5.97 Å². The Bertz CT molecular complexity index is 1010. The van der Waals surface area contributed by atoms with Crippen LogP contribution in [0.25, 0.3) is 0 Å². The molecule has 3 rings (SSSR count). The van der Waals surface area contributed by atoms with Crippen molar-refractivity contribution in [2.45, 2.75) is 44.6 Å². The number of methoxy groups -OCH3 is 1. The SMILES string of the molecule is COc1ccc(NS(=O)(=O)c2cc(C(=O)OC(C)C)ccc2N2CCC(C)CC2)cc1. The molecule has 0 spiro atoms. The van der Waals surface area contributed by atoms with Gasteiger partial charge < -0.3 is 14.4 Å². The van der Waals surface area contributed by atoms with Gasteiger partial charge in [0.1, 0.15) is 10.6 Å². The summed E-state index contributed by atoms with van der Waals surface area (Å²) in [5.74, 6) is 0.688. The van der Waals surface area contributed by atoms with Crippen molar-refractivity contribution in [3.63, 3.8) is 0 Å². The molecule has 1 saturated heterocycles. The maximum absolute atomic E-state index is 13.4. The van der Waals surface area contributed by atoms with E-state index in [4.69, 9.17) is 9.47 Å². The van der Waals surface area contributed by atoms with Crippen molar-refractivity contribution >= 4 is 27.4 Å². The van der Waals surface area contributed by atoms with Gasteiger partial charge in [0.15, 0.2) is 0 Å². The fourth-order valence-corrected chi connectivity index (χ4v) is 4.83.